The van der Waals surface area contributed by atoms with Crippen molar-refractivity contribution in [2.24, 2.45) is 0 Å². The summed E-state index contributed by atoms with van der Waals surface area (Å²) in [7, 11) is -3.90. The van der Waals surface area contributed by atoms with Gasteiger partial charge in [0.2, 0.25) is 0 Å². The third-order valence-corrected chi connectivity index (χ3v) is 7.08. The quantitative estimate of drug-likeness (QED) is 0.409. The summed E-state index contributed by atoms with van der Waals surface area (Å²) in [6.07, 6.45) is 6.36. The fourth-order valence-corrected chi connectivity index (χ4v) is 4.93. The van der Waals surface area contributed by atoms with E-state index >= 15 is 0 Å². The number of H-pyrrole nitrogens is 1. The van der Waals surface area contributed by atoms with Gasteiger partial charge in [0.15, 0.2) is 0 Å². The van der Waals surface area contributed by atoms with Gasteiger partial charge in [-0.15, -0.1) is 0 Å². The minimum absolute atomic E-state index is 0.0314. The molecule has 0 saturated heterocycles. The maximum absolute atomic E-state index is 13.0. The second-order valence-corrected chi connectivity index (χ2v) is 9.52. The molecule has 2 heterocycles. The number of hydrogen-bond donors (Lipinski definition) is 3. The number of carbonyl (C=O) groups is 1. The molecule has 1 aliphatic carbocycles. The fraction of sp³-hybridized carbons (Fsp3) is 0.143. The average molecular weight is 456 g/mol. The molecule has 8 nitrogen and oxygen atoms in total. The van der Waals surface area contributed by atoms with Gasteiger partial charge in [-0.3, -0.25) is 14.2 Å². The zero-order valence-electron chi connectivity index (χ0n) is 16.2. The standard InChI is InChI=1S/C21H18ClN5O3S/c22-17-13-23-19-16(17)6-2-7-18(19)26-31(29,30)15-5-1-4-14(12-15)25-20(28)21(8-9-21)27-11-3-10-24-27/h1-7,10-13,23,26H,8-9H2,(H,25,28). The van der Waals surface area contributed by atoms with Gasteiger partial charge in [-0.05, 0) is 43.2 Å². The summed E-state index contributed by atoms with van der Waals surface area (Å²) < 4.78 is 30.2. The molecule has 2 aromatic heterocycles. The number of fused-ring (bicyclic) bond motifs is 1. The highest BCUT2D eigenvalue weighted by Crippen LogP contribution is 2.44. The van der Waals surface area contributed by atoms with Gasteiger partial charge in [0.25, 0.3) is 15.9 Å². The van der Waals surface area contributed by atoms with Crippen LogP contribution in [0.15, 0.2) is 72.0 Å². The zero-order valence-corrected chi connectivity index (χ0v) is 17.7. The van der Waals surface area contributed by atoms with Crippen LogP contribution in [0.1, 0.15) is 12.8 Å². The van der Waals surface area contributed by atoms with Crippen molar-refractivity contribution in [2.75, 3.05) is 10.0 Å². The van der Waals surface area contributed by atoms with Crippen molar-refractivity contribution in [3.05, 3.63) is 72.1 Å². The molecule has 5 rings (SSSR count). The number of nitrogens with one attached hydrogen (secondary N) is 3. The summed E-state index contributed by atoms with van der Waals surface area (Å²) in [5, 5.41) is 8.23. The molecule has 0 spiro atoms. The zero-order chi connectivity index (χ0) is 21.6. The molecule has 1 amide bonds. The molecular formula is C21H18ClN5O3S. The minimum atomic E-state index is -3.90. The fourth-order valence-electron chi connectivity index (χ4n) is 3.60. The van der Waals surface area contributed by atoms with Crippen molar-refractivity contribution < 1.29 is 13.2 Å². The van der Waals surface area contributed by atoms with Gasteiger partial charge in [-0.2, -0.15) is 5.10 Å². The highest BCUT2D eigenvalue weighted by Gasteiger charge is 2.52. The van der Waals surface area contributed by atoms with E-state index in [1.807, 2.05) is 0 Å². The number of carbonyl (C=O) groups excluding carboxylic acids is 1. The first-order valence-electron chi connectivity index (χ1n) is 9.59. The molecule has 0 radical (unpaired) electrons. The van der Waals surface area contributed by atoms with Gasteiger partial charge < -0.3 is 10.3 Å². The minimum Gasteiger partial charge on any atom is -0.358 e. The number of hydrogen-bond acceptors (Lipinski definition) is 4. The average Bonchev–Trinajstić information content (AvgIpc) is 3.19. The summed E-state index contributed by atoms with van der Waals surface area (Å²) in [4.78, 5) is 15.9. The lowest BCUT2D eigenvalue weighted by molar-refractivity contribution is -0.120. The van der Waals surface area contributed by atoms with Gasteiger partial charge >= 0.3 is 0 Å². The molecule has 31 heavy (non-hydrogen) atoms. The first kappa shape index (κ1) is 19.7. The smallest absolute Gasteiger partial charge is 0.262 e. The largest absolute Gasteiger partial charge is 0.358 e. The van der Waals surface area contributed by atoms with Crippen LogP contribution in [0.2, 0.25) is 5.02 Å². The van der Waals surface area contributed by atoms with Crippen LogP contribution in [0.3, 0.4) is 0 Å². The van der Waals surface area contributed by atoms with Gasteiger partial charge in [-0.25, -0.2) is 8.42 Å². The molecule has 1 fully saturated rings. The van der Waals surface area contributed by atoms with Crippen LogP contribution in [-0.2, 0) is 20.4 Å². The van der Waals surface area contributed by atoms with E-state index in [9.17, 15) is 13.2 Å². The monoisotopic (exact) mass is 455 g/mol. The summed E-state index contributed by atoms with van der Waals surface area (Å²) in [5.74, 6) is -0.218. The molecule has 1 saturated carbocycles. The molecular weight excluding hydrogens is 438 g/mol. The number of para-hydroxylation sites is 1. The first-order chi connectivity index (χ1) is 14.9. The lowest BCUT2D eigenvalue weighted by Crippen LogP contribution is -2.33. The van der Waals surface area contributed by atoms with Crippen molar-refractivity contribution in [3.8, 4) is 0 Å². The van der Waals surface area contributed by atoms with Crippen LogP contribution in [-0.4, -0.2) is 29.1 Å². The van der Waals surface area contributed by atoms with E-state index in [-0.39, 0.29) is 10.8 Å². The Hall–Kier alpha value is -3.30. The summed E-state index contributed by atoms with van der Waals surface area (Å²) in [6.45, 7) is 0. The Kier molecular flexibility index (Phi) is 4.53. The van der Waals surface area contributed by atoms with E-state index in [0.29, 0.717) is 34.8 Å². The third-order valence-electron chi connectivity index (χ3n) is 5.40. The Bertz CT molecular complexity index is 1390. The highest BCUT2D eigenvalue weighted by molar-refractivity contribution is 7.92. The van der Waals surface area contributed by atoms with E-state index in [4.69, 9.17) is 11.6 Å². The van der Waals surface area contributed by atoms with Gasteiger partial charge in [0.05, 0.1) is 21.1 Å². The number of anilines is 2. The maximum Gasteiger partial charge on any atom is 0.262 e. The van der Waals surface area contributed by atoms with E-state index in [1.54, 1.807) is 59.7 Å². The molecule has 0 bridgehead atoms. The number of nitrogens with zero attached hydrogens (tertiary/aromatic N) is 2. The van der Waals surface area contributed by atoms with Gasteiger partial charge in [-0.1, -0.05) is 29.8 Å². The van der Waals surface area contributed by atoms with E-state index in [0.717, 1.165) is 5.39 Å². The topological polar surface area (TPSA) is 109 Å². The summed E-state index contributed by atoms with van der Waals surface area (Å²) in [5.41, 5.74) is 0.663. The Morgan fingerprint density at radius 2 is 1.97 bits per heavy atom. The summed E-state index contributed by atoms with van der Waals surface area (Å²) >= 11 is 6.13. The van der Waals surface area contributed by atoms with E-state index < -0.39 is 15.6 Å². The number of rotatable bonds is 6. The molecule has 3 N–H and O–H groups in total. The predicted octanol–water partition coefficient (Wildman–Crippen LogP) is 3.95. The van der Waals surface area contributed by atoms with Gasteiger partial charge in [0.1, 0.15) is 5.54 Å². The van der Waals surface area contributed by atoms with Crippen molar-refractivity contribution >= 4 is 49.8 Å². The van der Waals surface area contributed by atoms with E-state index in [1.165, 1.54) is 12.1 Å². The molecule has 2 aromatic carbocycles. The van der Waals surface area contributed by atoms with Crippen LogP contribution in [0.5, 0.6) is 0 Å². The Morgan fingerprint density at radius 3 is 2.71 bits per heavy atom. The molecule has 0 aliphatic heterocycles. The van der Waals surface area contributed by atoms with Crippen LogP contribution < -0.4 is 10.0 Å². The number of benzene rings is 2. The number of sulfonamides is 1. The predicted molar refractivity (Wildman–Crippen MR) is 119 cm³/mol. The lowest BCUT2D eigenvalue weighted by Gasteiger charge is -2.16. The number of amides is 1. The van der Waals surface area contributed by atoms with Crippen LogP contribution in [0.25, 0.3) is 10.9 Å². The van der Waals surface area contributed by atoms with Crippen LogP contribution in [0.4, 0.5) is 11.4 Å². The molecule has 4 aromatic rings. The van der Waals surface area contributed by atoms with E-state index in [2.05, 4.69) is 20.1 Å². The molecule has 158 valence electrons. The number of aromatic nitrogens is 3. The number of aromatic amines is 1. The lowest BCUT2D eigenvalue weighted by atomic mass is 10.2. The SMILES string of the molecule is O=C(Nc1cccc(S(=O)(=O)Nc2cccc3c(Cl)c[nH]c23)c1)C1(n2cccn2)CC1. The molecule has 0 atom stereocenters. The van der Waals surface area contributed by atoms with Crippen molar-refractivity contribution in [2.45, 2.75) is 23.3 Å². The normalized spacial score (nSPS) is 15.0. The van der Waals surface area contributed by atoms with Crippen LogP contribution >= 0.6 is 11.6 Å². The molecule has 1 aliphatic rings. The number of halogens is 1. The molecule has 0 unspecified atom stereocenters. The maximum atomic E-state index is 13.0. The Labute approximate surface area is 183 Å². The highest BCUT2D eigenvalue weighted by atomic mass is 35.5. The summed E-state index contributed by atoms with van der Waals surface area (Å²) in [6, 6.07) is 13.1. The van der Waals surface area contributed by atoms with Crippen molar-refractivity contribution in [3.63, 3.8) is 0 Å². The third kappa shape index (κ3) is 3.45. The Balaban J connectivity index is 1.40. The van der Waals surface area contributed by atoms with Gasteiger partial charge in [0, 0.05) is 29.7 Å². The van der Waals surface area contributed by atoms with Crippen LogP contribution in [0, 0.1) is 0 Å². The second kappa shape index (κ2) is 7.14. The second-order valence-electron chi connectivity index (χ2n) is 7.43. The van der Waals surface area contributed by atoms with Crippen molar-refractivity contribution in [1.29, 1.82) is 0 Å². The van der Waals surface area contributed by atoms with Crippen molar-refractivity contribution in [1.82, 2.24) is 14.8 Å². The molecule has 10 heteroatoms. The Morgan fingerprint density at radius 1 is 1.16 bits per heavy atom. The first-order valence-corrected chi connectivity index (χ1v) is 11.5.